The van der Waals surface area contributed by atoms with Gasteiger partial charge >= 0.3 is 5.97 Å². The molecule has 1 N–H and O–H groups in total. The molecule has 1 aromatic heterocycles. The first-order valence-electron chi connectivity index (χ1n) is 3.03. The van der Waals surface area contributed by atoms with Gasteiger partial charge in [-0.1, -0.05) is 12.6 Å². The van der Waals surface area contributed by atoms with Crippen LogP contribution in [0.5, 0.6) is 0 Å². The molecule has 0 bridgehead atoms. The first kappa shape index (κ1) is 8.07. The zero-order valence-corrected chi connectivity index (χ0v) is 6.88. The van der Waals surface area contributed by atoms with Crippen LogP contribution in [0.15, 0.2) is 23.4 Å². The van der Waals surface area contributed by atoms with E-state index in [1.165, 1.54) is 12.3 Å². The van der Waals surface area contributed by atoms with Crippen molar-refractivity contribution in [3.8, 4) is 0 Å². The van der Waals surface area contributed by atoms with Crippen molar-refractivity contribution in [1.29, 1.82) is 0 Å². The molecule has 4 heteroatoms. The van der Waals surface area contributed by atoms with Gasteiger partial charge in [0.05, 0.1) is 0 Å². The summed E-state index contributed by atoms with van der Waals surface area (Å²) in [5, 5.41) is 9.29. The Kier molecular flexibility index (Phi) is 2.14. The van der Waals surface area contributed by atoms with Crippen LogP contribution >= 0.6 is 12.6 Å². The van der Waals surface area contributed by atoms with Crippen molar-refractivity contribution in [2.45, 2.75) is 5.03 Å². The first-order chi connectivity index (χ1) is 5.11. The maximum absolute atomic E-state index is 10.4. The van der Waals surface area contributed by atoms with Gasteiger partial charge in [0.15, 0.2) is 6.20 Å². The van der Waals surface area contributed by atoms with Crippen molar-refractivity contribution >= 4 is 18.6 Å². The van der Waals surface area contributed by atoms with Crippen molar-refractivity contribution in [2.24, 2.45) is 7.05 Å². The molecule has 3 nitrogen and oxygen atoms in total. The molecule has 0 aliphatic carbocycles. The van der Waals surface area contributed by atoms with Gasteiger partial charge in [0.25, 0.3) is 0 Å². The second kappa shape index (κ2) is 2.92. The summed E-state index contributed by atoms with van der Waals surface area (Å²) in [4.78, 5) is 10.4. The SMILES string of the molecule is C[n+]1cc(C(=O)O)ccc1S. The first-order valence-corrected chi connectivity index (χ1v) is 3.48. The van der Waals surface area contributed by atoms with Crippen molar-refractivity contribution in [1.82, 2.24) is 0 Å². The number of pyridine rings is 1. The zero-order chi connectivity index (χ0) is 8.43. The van der Waals surface area contributed by atoms with E-state index in [1.54, 1.807) is 17.7 Å². The molecule has 0 fully saturated rings. The number of nitrogens with zero attached hydrogens (tertiary/aromatic N) is 1. The summed E-state index contributed by atoms with van der Waals surface area (Å²) in [5.41, 5.74) is 0.269. The number of rotatable bonds is 1. The van der Waals surface area contributed by atoms with Gasteiger partial charge in [0, 0.05) is 6.07 Å². The van der Waals surface area contributed by atoms with Crippen LogP contribution < -0.4 is 4.57 Å². The summed E-state index contributed by atoms with van der Waals surface area (Å²) in [6.07, 6.45) is 1.52. The molecule has 0 aromatic carbocycles. The van der Waals surface area contributed by atoms with Gasteiger partial charge in [0.1, 0.15) is 12.6 Å². The Morgan fingerprint density at radius 3 is 2.73 bits per heavy atom. The number of aryl methyl sites for hydroxylation is 1. The highest BCUT2D eigenvalue weighted by molar-refractivity contribution is 7.80. The third-order valence-corrected chi connectivity index (χ3v) is 1.82. The quantitative estimate of drug-likeness (QED) is 0.476. The van der Waals surface area contributed by atoms with Crippen LogP contribution in [0, 0.1) is 0 Å². The molecule has 1 heterocycles. The van der Waals surface area contributed by atoms with E-state index in [0.717, 1.165) is 5.03 Å². The Morgan fingerprint density at radius 2 is 2.27 bits per heavy atom. The number of aromatic nitrogens is 1. The van der Waals surface area contributed by atoms with E-state index in [-0.39, 0.29) is 5.56 Å². The molecule has 0 aliphatic rings. The molecule has 0 aliphatic heterocycles. The predicted molar refractivity (Wildman–Crippen MR) is 41.8 cm³/mol. The number of hydrogen-bond donors (Lipinski definition) is 2. The number of carboxylic acids is 1. The fourth-order valence-electron chi connectivity index (χ4n) is 0.726. The Balaban J connectivity index is 3.15. The lowest BCUT2D eigenvalue weighted by molar-refractivity contribution is -0.708. The summed E-state index contributed by atoms with van der Waals surface area (Å²) in [5.74, 6) is -0.922. The average molecular weight is 170 g/mol. The summed E-state index contributed by atoms with van der Waals surface area (Å²) in [6.45, 7) is 0. The molecule has 0 atom stereocenters. The highest BCUT2D eigenvalue weighted by Crippen LogP contribution is 2.00. The molecule has 0 spiro atoms. The lowest BCUT2D eigenvalue weighted by Gasteiger charge is -1.93. The third-order valence-electron chi connectivity index (χ3n) is 1.35. The lowest BCUT2D eigenvalue weighted by Crippen LogP contribution is -2.30. The van der Waals surface area contributed by atoms with Crippen molar-refractivity contribution in [3.05, 3.63) is 23.9 Å². The molecular formula is C7H8NO2S+. The van der Waals surface area contributed by atoms with Crippen LogP contribution in [0.3, 0.4) is 0 Å². The van der Waals surface area contributed by atoms with E-state index in [2.05, 4.69) is 12.6 Å². The highest BCUT2D eigenvalue weighted by Gasteiger charge is 2.08. The molecule has 0 saturated heterocycles. The Bertz CT molecular complexity index is 298. The smallest absolute Gasteiger partial charge is 0.341 e. The van der Waals surface area contributed by atoms with Crippen LogP contribution in [0.2, 0.25) is 0 Å². The molecule has 11 heavy (non-hydrogen) atoms. The minimum Gasteiger partial charge on any atom is -0.477 e. The minimum absolute atomic E-state index is 0.269. The normalized spacial score (nSPS) is 9.64. The minimum atomic E-state index is -0.922. The molecule has 0 amide bonds. The van der Waals surface area contributed by atoms with Crippen LogP contribution in [-0.4, -0.2) is 11.1 Å². The number of aromatic carboxylic acids is 1. The molecule has 1 aromatic rings. The molecule has 0 saturated carbocycles. The third kappa shape index (κ3) is 1.71. The van der Waals surface area contributed by atoms with Crippen LogP contribution in [0.25, 0.3) is 0 Å². The number of hydrogen-bond acceptors (Lipinski definition) is 2. The number of carbonyl (C=O) groups is 1. The maximum atomic E-state index is 10.4. The summed E-state index contributed by atoms with van der Waals surface area (Å²) in [7, 11) is 1.74. The van der Waals surface area contributed by atoms with Gasteiger partial charge in [-0.05, 0) is 6.07 Å². The summed E-state index contributed by atoms with van der Waals surface area (Å²) >= 11 is 4.08. The van der Waals surface area contributed by atoms with Crippen LogP contribution in [0.1, 0.15) is 10.4 Å². The lowest BCUT2D eigenvalue weighted by atomic mass is 10.3. The predicted octanol–water partition coefficient (Wildman–Crippen LogP) is 0.498. The second-order valence-electron chi connectivity index (χ2n) is 2.19. The van der Waals surface area contributed by atoms with Gasteiger partial charge in [0.2, 0.25) is 5.03 Å². The largest absolute Gasteiger partial charge is 0.477 e. The van der Waals surface area contributed by atoms with E-state index in [4.69, 9.17) is 5.11 Å². The van der Waals surface area contributed by atoms with Crippen molar-refractivity contribution in [3.63, 3.8) is 0 Å². The van der Waals surface area contributed by atoms with Gasteiger partial charge in [-0.3, -0.25) is 0 Å². The summed E-state index contributed by atoms with van der Waals surface area (Å²) < 4.78 is 1.65. The standard InChI is InChI=1S/C7H7NO2S/c1-8-4-5(7(9)10)2-3-6(8)11/h2-4H,1H3,(H,9,10)/p+1. The topological polar surface area (TPSA) is 41.2 Å². The second-order valence-corrected chi connectivity index (χ2v) is 2.65. The molecular weight excluding hydrogens is 162 g/mol. The van der Waals surface area contributed by atoms with Crippen molar-refractivity contribution in [2.75, 3.05) is 0 Å². The van der Waals surface area contributed by atoms with E-state index in [9.17, 15) is 4.79 Å². The zero-order valence-electron chi connectivity index (χ0n) is 5.98. The van der Waals surface area contributed by atoms with E-state index < -0.39 is 5.97 Å². The number of thiol groups is 1. The molecule has 58 valence electrons. The fourth-order valence-corrected chi connectivity index (χ4v) is 0.858. The number of carboxylic acid groups (broad SMARTS) is 1. The maximum Gasteiger partial charge on any atom is 0.341 e. The van der Waals surface area contributed by atoms with Gasteiger partial charge in [-0.15, -0.1) is 0 Å². The van der Waals surface area contributed by atoms with Crippen molar-refractivity contribution < 1.29 is 14.5 Å². The van der Waals surface area contributed by atoms with Gasteiger partial charge in [-0.25, -0.2) is 4.79 Å². The van der Waals surface area contributed by atoms with E-state index in [0.29, 0.717) is 0 Å². The average Bonchev–Trinajstić information content (AvgIpc) is 1.94. The Hall–Kier alpha value is -1.03. The van der Waals surface area contributed by atoms with Gasteiger partial charge < -0.3 is 5.11 Å². The molecule has 0 radical (unpaired) electrons. The van der Waals surface area contributed by atoms with E-state index >= 15 is 0 Å². The summed E-state index contributed by atoms with van der Waals surface area (Å²) in [6, 6.07) is 3.16. The highest BCUT2D eigenvalue weighted by atomic mass is 32.1. The molecule has 0 unspecified atom stereocenters. The fraction of sp³-hybridized carbons (Fsp3) is 0.143. The Labute approximate surface area is 69.7 Å². The van der Waals surface area contributed by atoms with Crippen LogP contribution in [-0.2, 0) is 7.05 Å². The Morgan fingerprint density at radius 1 is 1.64 bits per heavy atom. The van der Waals surface area contributed by atoms with E-state index in [1.807, 2.05) is 0 Å². The molecule has 1 rings (SSSR count). The van der Waals surface area contributed by atoms with Gasteiger partial charge in [-0.2, -0.15) is 4.57 Å². The monoisotopic (exact) mass is 170 g/mol. The van der Waals surface area contributed by atoms with Crippen LogP contribution in [0.4, 0.5) is 0 Å².